The van der Waals surface area contributed by atoms with Crippen molar-refractivity contribution in [1.82, 2.24) is 0 Å². The Morgan fingerprint density at radius 1 is 0.917 bits per heavy atom. The summed E-state index contributed by atoms with van der Waals surface area (Å²) in [6.45, 7) is 0.383. The topological polar surface area (TPSA) is 18.5 Å². The van der Waals surface area contributed by atoms with Crippen LogP contribution in [0.4, 0.5) is 0 Å². The van der Waals surface area contributed by atoms with Crippen LogP contribution in [0.3, 0.4) is 0 Å². The lowest BCUT2D eigenvalue weighted by Crippen LogP contribution is -2.17. The first-order valence-electron chi connectivity index (χ1n) is 3.80. The van der Waals surface area contributed by atoms with Crippen LogP contribution >= 0.6 is 34.7 Å². The highest BCUT2D eigenvalue weighted by Gasteiger charge is 2.12. The molecule has 0 aromatic carbocycles. The zero-order chi connectivity index (χ0) is 9.23. The summed E-state index contributed by atoms with van der Waals surface area (Å²) in [5.41, 5.74) is 0. The summed E-state index contributed by atoms with van der Waals surface area (Å²) in [7, 11) is 0. The van der Waals surface area contributed by atoms with Gasteiger partial charge in [0.15, 0.2) is 0 Å². The predicted octanol–water partition coefficient (Wildman–Crippen LogP) is 2.50. The summed E-state index contributed by atoms with van der Waals surface area (Å²) >= 11 is 16.5. The van der Waals surface area contributed by atoms with Crippen molar-refractivity contribution in [3.05, 3.63) is 0 Å². The number of alkyl halides is 2. The van der Waals surface area contributed by atoms with Gasteiger partial charge in [-0.05, 0) is 12.8 Å². The van der Waals surface area contributed by atoms with Gasteiger partial charge in [0.2, 0.25) is 0 Å². The van der Waals surface area contributed by atoms with Gasteiger partial charge in [0.1, 0.15) is 0 Å². The molecule has 0 unspecified atom stereocenters. The molecule has 6 heteroatoms. The Morgan fingerprint density at radius 3 is 1.67 bits per heavy atom. The maximum absolute atomic E-state index is 5.62. The maximum atomic E-state index is 5.62. The van der Waals surface area contributed by atoms with E-state index in [0.717, 1.165) is 12.8 Å². The molecule has 0 saturated heterocycles. The van der Waals surface area contributed by atoms with E-state index < -0.39 is 6.53 Å². The Morgan fingerprint density at radius 2 is 1.33 bits per heavy atom. The molecule has 0 rings (SSSR count). The quantitative estimate of drug-likeness (QED) is 0.364. The van der Waals surface area contributed by atoms with Crippen LogP contribution in [-0.4, -0.2) is 31.5 Å². The van der Waals surface area contributed by atoms with Crippen LogP contribution in [0, 0.1) is 0 Å². The van der Waals surface area contributed by atoms with Crippen molar-refractivity contribution < 1.29 is 9.31 Å². The van der Waals surface area contributed by atoms with Crippen LogP contribution < -0.4 is 0 Å². The Labute approximate surface area is 88.5 Å². The molecule has 0 fully saturated rings. The van der Waals surface area contributed by atoms with E-state index >= 15 is 0 Å². The van der Waals surface area contributed by atoms with Gasteiger partial charge in [-0.1, -0.05) is 0 Å². The molecule has 0 aliphatic rings. The van der Waals surface area contributed by atoms with Crippen molar-refractivity contribution in [3.63, 3.8) is 0 Å². The fourth-order valence-electron chi connectivity index (χ4n) is 0.509. The van der Waals surface area contributed by atoms with Crippen molar-refractivity contribution in [2.24, 2.45) is 0 Å². The van der Waals surface area contributed by atoms with Gasteiger partial charge in [-0.2, -0.15) is 0 Å². The molecular weight excluding hydrogens is 221 g/mol. The van der Waals surface area contributed by atoms with E-state index in [0.29, 0.717) is 25.0 Å². The number of hydrogen-bond acceptors (Lipinski definition) is 2. The highest BCUT2D eigenvalue weighted by molar-refractivity contribution is 6.99. The van der Waals surface area contributed by atoms with Gasteiger partial charge >= 0.3 is 6.53 Å². The molecule has 0 aromatic heterocycles. The maximum Gasteiger partial charge on any atom is 0.571 e. The van der Waals surface area contributed by atoms with Gasteiger partial charge in [0, 0.05) is 25.0 Å². The van der Waals surface area contributed by atoms with E-state index in [4.69, 9.17) is 44.0 Å². The fraction of sp³-hybridized carbons (Fsp3) is 1.00. The Kier molecular flexibility index (Phi) is 10.6. The van der Waals surface area contributed by atoms with E-state index in [2.05, 4.69) is 0 Å². The second-order valence-electron chi connectivity index (χ2n) is 2.10. The largest absolute Gasteiger partial charge is 0.571 e. The molecule has 0 heterocycles. The molecule has 2 nitrogen and oxygen atoms in total. The molecule has 0 bridgehead atoms. The second kappa shape index (κ2) is 9.94. The highest BCUT2D eigenvalue weighted by Crippen LogP contribution is 1.98. The Bertz CT molecular complexity index is 86.9. The van der Waals surface area contributed by atoms with Crippen LogP contribution in [0.5, 0.6) is 0 Å². The predicted molar refractivity (Wildman–Crippen MR) is 54.2 cm³/mol. The number of rotatable bonds is 8. The third-order valence-electron chi connectivity index (χ3n) is 1.05. The van der Waals surface area contributed by atoms with E-state index in [9.17, 15) is 0 Å². The van der Waals surface area contributed by atoms with Gasteiger partial charge in [0.05, 0.1) is 0 Å². The molecule has 0 aliphatic carbocycles. The zero-order valence-electron chi connectivity index (χ0n) is 6.77. The highest BCUT2D eigenvalue weighted by atomic mass is 35.5. The van der Waals surface area contributed by atoms with Gasteiger partial charge in [-0.3, -0.25) is 0 Å². The van der Waals surface area contributed by atoms with Crippen LogP contribution in [0.15, 0.2) is 0 Å². The molecule has 0 radical (unpaired) electrons. The smallest absolute Gasteiger partial charge is 0.398 e. The lowest BCUT2D eigenvalue weighted by atomic mass is 10.3. The first kappa shape index (κ1) is 12.9. The van der Waals surface area contributed by atoms with Gasteiger partial charge in [0.25, 0.3) is 0 Å². The molecule has 0 aromatic rings. The van der Waals surface area contributed by atoms with Gasteiger partial charge in [-0.25, -0.2) is 0 Å². The summed E-state index contributed by atoms with van der Waals surface area (Å²) in [6.07, 6.45) is 1.56. The summed E-state index contributed by atoms with van der Waals surface area (Å²) in [4.78, 5) is 0. The van der Waals surface area contributed by atoms with Crippen LogP contribution in [0.2, 0.25) is 0 Å². The lowest BCUT2D eigenvalue weighted by molar-refractivity contribution is 0.214. The minimum atomic E-state index is -0.670. The molecular formula is C6H12BCl3O2. The van der Waals surface area contributed by atoms with Crippen molar-refractivity contribution >= 4 is 41.2 Å². The van der Waals surface area contributed by atoms with Crippen LogP contribution in [0.1, 0.15) is 12.8 Å². The summed E-state index contributed by atoms with van der Waals surface area (Å²) in [6, 6.07) is 0. The standard InChI is InChI=1S/C6H12BCl3O2/c8-3-1-5-11-7(10)12-6-2-4-9/h1-6H2. The minimum absolute atomic E-state index is 0.526. The normalized spacial score (nSPS) is 10.2. The van der Waals surface area contributed by atoms with Crippen molar-refractivity contribution in [2.45, 2.75) is 12.8 Å². The third-order valence-corrected chi connectivity index (χ3v) is 1.84. The summed E-state index contributed by atoms with van der Waals surface area (Å²) < 4.78 is 10.1. The van der Waals surface area contributed by atoms with E-state index in [1.54, 1.807) is 0 Å². The fourth-order valence-corrected chi connectivity index (χ4v) is 0.906. The van der Waals surface area contributed by atoms with E-state index in [1.807, 2.05) is 0 Å². The second-order valence-corrected chi connectivity index (χ2v) is 3.21. The number of halogens is 3. The van der Waals surface area contributed by atoms with Crippen molar-refractivity contribution in [3.8, 4) is 0 Å². The molecule has 72 valence electrons. The summed E-state index contributed by atoms with van der Waals surface area (Å²) in [5.74, 6) is 1.15. The van der Waals surface area contributed by atoms with E-state index in [-0.39, 0.29) is 0 Å². The van der Waals surface area contributed by atoms with Crippen molar-refractivity contribution in [2.75, 3.05) is 25.0 Å². The molecule has 0 spiro atoms. The lowest BCUT2D eigenvalue weighted by Gasteiger charge is -2.06. The average molecular weight is 233 g/mol. The Hall–Kier alpha value is 0.855. The first-order valence-corrected chi connectivity index (χ1v) is 5.31. The van der Waals surface area contributed by atoms with Crippen LogP contribution in [-0.2, 0) is 9.31 Å². The minimum Gasteiger partial charge on any atom is -0.398 e. The van der Waals surface area contributed by atoms with Crippen LogP contribution in [0.25, 0.3) is 0 Å². The molecule has 0 aliphatic heterocycles. The van der Waals surface area contributed by atoms with Gasteiger partial charge in [-0.15, -0.1) is 34.7 Å². The van der Waals surface area contributed by atoms with Gasteiger partial charge < -0.3 is 9.31 Å². The van der Waals surface area contributed by atoms with E-state index in [1.165, 1.54) is 0 Å². The number of hydrogen-bond donors (Lipinski definition) is 0. The molecule has 0 N–H and O–H groups in total. The summed E-state index contributed by atoms with van der Waals surface area (Å²) in [5, 5.41) is 0. The monoisotopic (exact) mass is 232 g/mol. The SMILES string of the molecule is ClCCCOB(Cl)OCCCCl. The molecule has 0 saturated carbocycles. The van der Waals surface area contributed by atoms with Crippen molar-refractivity contribution in [1.29, 1.82) is 0 Å². The molecule has 12 heavy (non-hydrogen) atoms. The molecule has 0 amide bonds. The zero-order valence-corrected chi connectivity index (χ0v) is 9.04. The first-order chi connectivity index (χ1) is 5.81. The third kappa shape index (κ3) is 8.95. The average Bonchev–Trinajstić information content (AvgIpc) is 2.06. The Balaban J connectivity index is 3.04. The molecule has 0 atom stereocenters.